The predicted molar refractivity (Wildman–Crippen MR) is 204 cm³/mol. The first-order chi connectivity index (χ1) is 26.2. The Morgan fingerprint density at radius 2 is 1.50 bits per heavy atom. The van der Waals surface area contributed by atoms with Gasteiger partial charge in [0.1, 0.15) is 11.5 Å². The molecule has 0 aliphatic carbocycles. The van der Waals surface area contributed by atoms with Gasteiger partial charge in [-0.3, -0.25) is 29.6 Å². The van der Waals surface area contributed by atoms with Crippen LogP contribution in [0, 0.1) is 0 Å². The minimum Gasteiger partial charge on any atom is -0.496 e. The SMILES string of the molecule is COc1cc(-c2cn(C)c(=O)c3cnccc23)cc(OC)c1CN1CCC(OC2CCN(CCn3cccc(CN4CCC(=O)NC4=O)c3=O)CC2)CC1. The number of carbonyl (C=O) groups is 2. The van der Waals surface area contributed by atoms with Crippen molar-refractivity contribution in [3.63, 3.8) is 0 Å². The van der Waals surface area contributed by atoms with Gasteiger partial charge in [0.25, 0.3) is 11.1 Å². The number of benzene rings is 1. The number of nitrogens with zero attached hydrogens (tertiary/aromatic N) is 6. The second kappa shape index (κ2) is 16.5. The molecule has 14 nitrogen and oxygen atoms in total. The molecule has 0 bridgehead atoms. The highest BCUT2D eigenvalue weighted by atomic mass is 16.5. The lowest BCUT2D eigenvalue weighted by atomic mass is 9.98. The monoisotopic (exact) mass is 739 g/mol. The van der Waals surface area contributed by atoms with E-state index in [0.29, 0.717) is 30.6 Å². The molecule has 1 N–H and O–H groups in total. The van der Waals surface area contributed by atoms with Crippen molar-refractivity contribution >= 4 is 22.7 Å². The summed E-state index contributed by atoms with van der Waals surface area (Å²) < 4.78 is 21.8. The highest BCUT2D eigenvalue weighted by Crippen LogP contribution is 2.38. The summed E-state index contributed by atoms with van der Waals surface area (Å²) in [6.07, 6.45) is 11.5. The number of nitrogens with one attached hydrogen (secondary N) is 1. The Bertz CT molecular complexity index is 2090. The second-order valence-electron chi connectivity index (χ2n) is 14.4. The minimum atomic E-state index is -0.451. The fourth-order valence-corrected chi connectivity index (χ4v) is 7.89. The lowest BCUT2D eigenvalue weighted by Crippen LogP contribution is -2.49. The maximum atomic E-state index is 13.1. The van der Waals surface area contributed by atoms with Crippen molar-refractivity contribution in [1.29, 1.82) is 0 Å². The molecule has 286 valence electrons. The Hall–Kier alpha value is -5.05. The smallest absolute Gasteiger partial charge is 0.324 e. The van der Waals surface area contributed by atoms with E-state index in [2.05, 4.69) is 20.1 Å². The number of hydrogen-bond donors (Lipinski definition) is 1. The van der Waals surface area contributed by atoms with Crippen LogP contribution in [0.25, 0.3) is 21.9 Å². The number of fused-ring (bicyclic) bond motifs is 1. The average Bonchev–Trinajstić information content (AvgIpc) is 3.19. The molecule has 0 atom stereocenters. The number of amides is 3. The van der Waals surface area contributed by atoms with Crippen LogP contribution in [0.2, 0.25) is 0 Å². The number of piperidine rings is 2. The largest absolute Gasteiger partial charge is 0.496 e. The van der Waals surface area contributed by atoms with Gasteiger partial charge in [-0.2, -0.15) is 0 Å². The average molecular weight is 740 g/mol. The molecule has 0 unspecified atom stereocenters. The summed E-state index contributed by atoms with van der Waals surface area (Å²) >= 11 is 0. The van der Waals surface area contributed by atoms with E-state index in [0.717, 1.165) is 92.0 Å². The van der Waals surface area contributed by atoms with Crippen LogP contribution in [0.4, 0.5) is 4.79 Å². The molecule has 3 fully saturated rings. The van der Waals surface area contributed by atoms with Crippen molar-refractivity contribution < 1.29 is 23.8 Å². The van der Waals surface area contributed by atoms with E-state index < -0.39 is 6.03 Å². The summed E-state index contributed by atoms with van der Waals surface area (Å²) in [4.78, 5) is 60.0. The van der Waals surface area contributed by atoms with Crippen molar-refractivity contribution in [2.75, 3.05) is 53.5 Å². The molecular weight excluding hydrogens is 690 g/mol. The third-order valence-corrected chi connectivity index (χ3v) is 11.0. The maximum Gasteiger partial charge on any atom is 0.324 e. The summed E-state index contributed by atoms with van der Waals surface area (Å²) in [5, 5.41) is 3.71. The highest BCUT2D eigenvalue weighted by Gasteiger charge is 2.28. The van der Waals surface area contributed by atoms with Crippen LogP contribution in [0.5, 0.6) is 11.5 Å². The molecule has 3 aromatic heterocycles. The van der Waals surface area contributed by atoms with Crippen LogP contribution in [0.3, 0.4) is 0 Å². The Kier molecular flexibility index (Phi) is 11.4. The van der Waals surface area contributed by atoms with Gasteiger partial charge in [-0.25, -0.2) is 4.79 Å². The van der Waals surface area contributed by atoms with E-state index in [9.17, 15) is 19.2 Å². The summed E-state index contributed by atoms with van der Waals surface area (Å²) in [7, 11) is 5.11. The minimum absolute atomic E-state index is 0.0898. The molecule has 14 heteroatoms. The Morgan fingerprint density at radius 3 is 2.17 bits per heavy atom. The fourth-order valence-electron chi connectivity index (χ4n) is 7.89. The van der Waals surface area contributed by atoms with Crippen LogP contribution in [0.1, 0.15) is 43.2 Å². The van der Waals surface area contributed by atoms with Gasteiger partial charge in [0, 0.05) is 102 Å². The molecule has 4 aromatic rings. The van der Waals surface area contributed by atoms with Crippen LogP contribution in [-0.4, -0.2) is 106 Å². The van der Waals surface area contributed by atoms with Crippen molar-refractivity contribution in [2.45, 2.75) is 63.9 Å². The molecule has 7 rings (SSSR count). The maximum absolute atomic E-state index is 13.1. The zero-order valence-electron chi connectivity index (χ0n) is 31.3. The Labute approximate surface area is 314 Å². The standard InChI is InChI=1S/C40H49N7O7/c1-43-25-33(31-6-12-41-23-32(31)39(43)50)28-21-35(52-2)34(36(22-28)53-3)26-45-16-9-30(10-17-45)54-29-7-14-44(15-8-29)19-20-46-13-4-5-27(38(46)49)24-47-18-11-37(48)42-40(47)51/h4-6,12-13,21-23,25,29-30H,7-11,14-20,24,26H2,1-3H3,(H,42,48,51). The number of likely N-dealkylation sites (tertiary alicyclic amines) is 2. The van der Waals surface area contributed by atoms with Crippen molar-refractivity contribution in [2.24, 2.45) is 7.05 Å². The number of imide groups is 1. The third-order valence-electron chi connectivity index (χ3n) is 11.0. The van der Waals surface area contributed by atoms with E-state index in [4.69, 9.17) is 14.2 Å². The number of ether oxygens (including phenoxy) is 3. The van der Waals surface area contributed by atoms with Crippen molar-refractivity contribution in [1.82, 2.24) is 34.1 Å². The Morgan fingerprint density at radius 1 is 0.815 bits per heavy atom. The van der Waals surface area contributed by atoms with Gasteiger partial charge in [0.05, 0.1) is 43.9 Å². The van der Waals surface area contributed by atoms with Gasteiger partial charge in [-0.05, 0) is 60.9 Å². The number of pyridine rings is 3. The summed E-state index contributed by atoms with van der Waals surface area (Å²) in [6.45, 7) is 6.17. The first kappa shape index (κ1) is 37.3. The third kappa shape index (κ3) is 8.20. The molecule has 3 aliphatic heterocycles. The van der Waals surface area contributed by atoms with Gasteiger partial charge >= 0.3 is 6.03 Å². The van der Waals surface area contributed by atoms with Gasteiger partial charge in [0.15, 0.2) is 0 Å². The second-order valence-corrected chi connectivity index (χ2v) is 14.4. The lowest BCUT2D eigenvalue weighted by molar-refractivity contribution is -0.121. The topological polar surface area (TPSA) is 140 Å². The van der Waals surface area contributed by atoms with E-state index in [1.807, 2.05) is 30.5 Å². The number of hydrogen-bond acceptors (Lipinski definition) is 10. The quantitative estimate of drug-likeness (QED) is 0.230. The first-order valence-electron chi connectivity index (χ1n) is 18.8. The number of carbonyl (C=O) groups excluding carboxylic acids is 2. The van der Waals surface area contributed by atoms with Crippen molar-refractivity contribution in [3.05, 3.63) is 87.0 Å². The van der Waals surface area contributed by atoms with Crippen LogP contribution in [0.15, 0.2) is 64.7 Å². The molecule has 1 aromatic carbocycles. The summed E-state index contributed by atoms with van der Waals surface area (Å²) in [6, 6.07) is 9.06. The molecule has 3 amide bonds. The van der Waals surface area contributed by atoms with Gasteiger partial charge in [-0.15, -0.1) is 0 Å². The molecule has 54 heavy (non-hydrogen) atoms. The Balaban J connectivity index is 0.890. The number of methoxy groups -OCH3 is 2. The van der Waals surface area contributed by atoms with E-state index in [1.165, 1.54) is 4.90 Å². The molecule has 0 saturated carbocycles. The number of rotatable bonds is 12. The van der Waals surface area contributed by atoms with E-state index >= 15 is 0 Å². The molecule has 3 aliphatic rings. The van der Waals surface area contributed by atoms with Crippen LogP contribution in [-0.2, 0) is 36.2 Å². The molecule has 0 spiro atoms. The lowest BCUT2D eigenvalue weighted by Gasteiger charge is -2.37. The van der Waals surface area contributed by atoms with Crippen LogP contribution >= 0.6 is 0 Å². The molecular formula is C40H49N7O7. The van der Waals surface area contributed by atoms with Gasteiger partial charge in [-0.1, -0.05) is 6.07 Å². The molecule has 0 radical (unpaired) electrons. The van der Waals surface area contributed by atoms with Crippen LogP contribution < -0.4 is 25.9 Å². The van der Waals surface area contributed by atoms with Crippen molar-refractivity contribution in [3.8, 4) is 22.6 Å². The predicted octanol–water partition coefficient (Wildman–Crippen LogP) is 3.37. The summed E-state index contributed by atoms with van der Waals surface area (Å²) in [5.41, 5.74) is 3.15. The zero-order valence-corrected chi connectivity index (χ0v) is 31.3. The summed E-state index contributed by atoms with van der Waals surface area (Å²) in [5.74, 6) is 1.20. The van der Waals surface area contributed by atoms with E-state index in [1.54, 1.807) is 55.1 Å². The van der Waals surface area contributed by atoms with E-state index in [-0.39, 0.29) is 42.2 Å². The zero-order chi connectivity index (χ0) is 37.8. The fraction of sp³-hybridized carbons (Fsp3) is 0.475. The number of aromatic nitrogens is 3. The number of aryl methyl sites for hydroxylation is 1. The molecule has 6 heterocycles. The van der Waals surface area contributed by atoms with Gasteiger partial charge < -0.3 is 33.1 Å². The highest BCUT2D eigenvalue weighted by molar-refractivity contribution is 5.97. The normalized spacial score (nSPS) is 17.9. The number of urea groups is 1. The van der Waals surface area contributed by atoms with Gasteiger partial charge in [0.2, 0.25) is 5.91 Å². The first-order valence-corrected chi connectivity index (χ1v) is 18.8. The molecule has 3 saturated heterocycles.